The molecule has 120 valence electrons. The second-order valence-corrected chi connectivity index (χ2v) is 4.92. The molecule has 9 heteroatoms. The van der Waals surface area contributed by atoms with E-state index in [2.05, 4.69) is 10.4 Å². The lowest BCUT2D eigenvalue weighted by molar-refractivity contribution is -0.138. The summed E-state index contributed by atoms with van der Waals surface area (Å²) >= 11 is 0. The molecule has 0 fully saturated rings. The van der Waals surface area contributed by atoms with Crippen LogP contribution in [0, 0.1) is 6.92 Å². The molecule has 0 spiro atoms. The van der Waals surface area contributed by atoms with Crippen molar-refractivity contribution in [3.63, 3.8) is 0 Å². The van der Waals surface area contributed by atoms with Crippen LogP contribution in [0.5, 0.6) is 5.75 Å². The van der Waals surface area contributed by atoms with Crippen LogP contribution < -0.4 is 15.6 Å². The Morgan fingerprint density at radius 2 is 2.04 bits per heavy atom. The average molecular weight is 325 g/mol. The normalized spacial score (nSPS) is 14.0. The summed E-state index contributed by atoms with van der Waals surface area (Å²) in [5.74, 6) is 0.0450. The Morgan fingerprint density at radius 1 is 1.30 bits per heavy atom. The summed E-state index contributed by atoms with van der Waals surface area (Å²) in [6.07, 6.45) is -4.04. The van der Waals surface area contributed by atoms with Gasteiger partial charge in [0.15, 0.2) is 6.61 Å². The monoisotopic (exact) mass is 325 g/mol. The first-order valence-electron chi connectivity index (χ1n) is 6.50. The van der Waals surface area contributed by atoms with Crippen LogP contribution in [0.25, 0.3) is 5.69 Å². The molecule has 0 bridgehead atoms. The van der Waals surface area contributed by atoms with E-state index in [4.69, 9.17) is 4.74 Å². The number of rotatable bonds is 1. The van der Waals surface area contributed by atoms with Crippen LogP contribution in [0.15, 0.2) is 29.2 Å². The minimum Gasteiger partial charge on any atom is -0.482 e. The lowest BCUT2D eigenvalue weighted by Crippen LogP contribution is -2.28. The van der Waals surface area contributed by atoms with Crippen molar-refractivity contribution in [2.24, 2.45) is 0 Å². The van der Waals surface area contributed by atoms with Crippen molar-refractivity contribution in [2.45, 2.75) is 13.1 Å². The Labute approximate surface area is 127 Å². The lowest BCUT2D eigenvalue weighted by atomic mass is 10.2. The lowest BCUT2D eigenvalue weighted by Gasteiger charge is -2.19. The van der Waals surface area contributed by atoms with Crippen molar-refractivity contribution in [1.29, 1.82) is 0 Å². The highest BCUT2D eigenvalue weighted by Crippen LogP contribution is 2.31. The van der Waals surface area contributed by atoms with Crippen LogP contribution >= 0.6 is 0 Å². The Kier molecular flexibility index (Phi) is 3.35. The maximum absolute atomic E-state index is 12.8. The van der Waals surface area contributed by atoms with Gasteiger partial charge in [-0.25, -0.2) is 0 Å². The number of aromatic nitrogens is 2. The van der Waals surface area contributed by atoms with E-state index in [0.29, 0.717) is 17.6 Å². The topological polar surface area (TPSA) is 73.2 Å². The van der Waals surface area contributed by atoms with Crippen molar-refractivity contribution in [3.8, 4) is 11.4 Å². The molecule has 1 aromatic heterocycles. The molecular formula is C14H10F3N3O3. The van der Waals surface area contributed by atoms with E-state index in [1.807, 2.05) is 0 Å². The van der Waals surface area contributed by atoms with Crippen molar-refractivity contribution in [1.82, 2.24) is 9.78 Å². The Bertz CT molecular complexity index is 859. The quantitative estimate of drug-likeness (QED) is 0.869. The van der Waals surface area contributed by atoms with Crippen LogP contribution in [0.4, 0.5) is 18.9 Å². The summed E-state index contributed by atoms with van der Waals surface area (Å²) < 4.78 is 44.4. The van der Waals surface area contributed by atoms with Crippen molar-refractivity contribution >= 4 is 11.6 Å². The molecule has 0 aliphatic carbocycles. The highest BCUT2D eigenvalue weighted by molar-refractivity contribution is 5.95. The number of ether oxygens (including phenoxy) is 1. The molecule has 0 saturated heterocycles. The molecule has 0 unspecified atom stereocenters. The largest absolute Gasteiger partial charge is 0.482 e. The molecular weight excluding hydrogens is 315 g/mol. The van der Waals surface area contributed by atoms with Crippen LogP contribution in [-0.4, -0.2) is 22.3 Å². The van der Waals surface area contributed by atoms with Gasteiger partial charge in [-0.15, -0.1) is 0 Å². The number of nitrogens with zero attached hydrogens (tertiary/aromatic N) is 2. The minimum atomic E-state index is -4.65. The first-order chi connectivity index (χ1) is 10.8. The Morgan fingerprint density at radius 3 is 2.74 bits per heavy atom. The number of benzene rings is 1. The smallest absolute Gasteiger partial charge is 0.418 e. The van der Waals surface area contributed by atoms with Crippen molar-refractivity contribution < 1.29 is 22.7 Å². The third-order valence-corrected chi connectivity index (χ3v) is 3.37. The molecule has 6 nitrogen and oxygen atoms in total. The van der Waals surface area contributed by atoms with Gasteiger partial charge in [0.25, 0.3) is 11.5 Å². The molecule has 1 N–H and O–H groups in total. The number of amides is 1. The van der Waals surface area contributed by atoms with E-state index in [9.17, 15) is 22.8 Å². The number of fused-ring (bicyclic) bond motifs is 1. The van der Waals surface area contributed by atoms with Crippen LogP contribution in [0.1, 0.15) is 11.1 Å². The number of hydrogen-bond donors (Lipinski definition) is 1. The summed E-state index contributed by atoms with van der Waals surface area (Å²) in [5, 5.41) is 6.13. The van der Waals surface area contributed by atoms with E-state index in [1.54, 1.807) is 0 Å². The van der Waals surface area contributed by atoms with Gasteiger partial charge in [0, 0.05) is 5.56 Å². The van der Waals surface area contributed by atoms with Crippen LogP contribution in [-0.2, 0) is 11.0 Å². The molecule has 2 aromatic rings. The molecule has 0 radical (unpaired) electrons. The fourth-order valence-electron chi connectivity index (χ4n) is 2.21. The zero-order chi connectivity index (χ0) is 16.8. The number of carbonyl (C=O) groups is 1. The van der Waals surface area contributed by atoms with E-state index in [-0.39, 0.29) is 18.2 Å². The molecule has 3 rings (SSSR count). The number of halogens is 3. The summed E-state index contributed by atoms with van der Waals surface area (Å²) in [6.45, 7) is 0.969. The van der Waals surface area contributed by atoms with Gasteiger partial charge < -0.3 is 10.1 Å². The summed E-state index contributed by atoms with van der Waals surface area (Å²) in [7, 11) is 0. The van der Waals surface area contributed by atoms with Gasteiger partial charge in [0.1, 0.15) is 5.75 Å². The van der Waals surface area contributed by atoms with Gasteiger partial charge in [-0.3, -0.25) is 9.59 Å². The second kappa shape index (κ2) is 5.11. The highest BCUT2D eigenvalue weighted by atomic mass is 19.4. The fraction of sp³-hybridized carbons (Fsp3) is 0.214. The third-order valence-electron chi connectivity index (χ3n) is 3.37. The van der Waals surface area contributed by atoms with E-state index in [1.165, 1.54) is 18.2 Å². The van der Waals surface area contributed by atoms with Crippen molar-refractivity contribution in [3.05, 3.63) is 45.9 Å². The summed E-state index contributed by atoms with van der Waals surface area (Å²) in [6, 6.07) is 4.39. The summed E-state index contributed by atoms with van der Waals surface area (Å²) in [4.78, 5) is 23.5. The van der Waals surface area contributed by atoms with E-state index in [0.717, 1.165) is 11.6 Å². The predicted octanol–water partition coefficient (Wildman–Crippen LogP) is 1.89. The van der Waals surface area contributed by atoms with Gasteiger partial charge in [0.05, 0.1) is 23.1 Å². The molecule has 23 heavy (non-hydrogen) atoms. The van der Waals surface area contributed by atoms with Crippen molar-refractivity contribution in [2.75, 3.05) is 11.9 Å². The molecule has 1 aromatic carbocycles. The van der Waals surface area contributed by atoms with Gasteiger partial charge in [-0.2, -0.15) is 23.0 Å². The number of carbonyl (C=O) groups excluding carboxylic acids is 1. The van der Waals surface area contributed by atoms with Gasteiger partial charge in [-0.1, -0.05) is 0 Å². The van der Waals surface area contributed by atoms with Crippen LogP contribution in [0.2, 0.25) is 0 Å². The molecule has 0 atom stereocenters. The Hall–Kier alpha value is -2.84. The van der Waals surface area contributed by atoms with Gasteiger partial charge in [0.2, 0.25) is 0 Å². The number of anilines is 1. The third kappa shape index (κ3) is 2.65. The molecule has 0 saturated carbocycles. The molecule has 1 aliphatic heterocycles. The zero-order valence-corrected chi connectivity index (χ0v) is 11.8. The second-order valence-electron chi connectivity index (χ2n) is 4.92. The predicted molar refractivity (Wildman–Crippen MR) is 73.7 cm³/mol. The molecule has 1 aliphatic rings. The van der Waals surface area contributed by atoms with Gasteiger partial charge >= 0.3 is 6.18 Å². The first kappa shape index (κ1) is 15.1. The maximum atomic E-state index is 12.8. The number of hydrogen-bond acceptors (Lipinski definition) is 4. The molecule has 1 amide bonds. The molecule has 2 heterocycles. The zero-order valence-electron chi connectivity index (χ0n) is 11.8. The maximum Gasteiger partial charge on any atom is 0.418 e. The van der Waals surface area contributed by atoms with E-state index < -0.39 is 22.9 Å². The SMILES string of the molecule is Cc1c(C(F)(F)F)cnn(-c2ccc3c(c2)NC(=O)CO3)c1=O. The number of alkyl halides is 3. The summed E-state index contributed by atoms with van der Waals surface area (Å²) in [5.41, 5.74) is -1.87. The average Bonchev–Trinajstić information content (AvgIpc) is 2.48. The standard InChI is InChI=1S/C14H10F3N3O3/c1-7-9(14(15,16)17)5-18-20(13(7)22)8-2-3-11-10(4-8)19-12(21)6-23-11/h2-5H,6H2,1H3,(H,19,21). The Balaban J connectivity index is 2.10. The minimum absolute atomic E-state index is 0.121. The van der Waals surface area contributed by atoms with Gasteiger partial charge in [-0.05, 0) is 25.1 Å². The first-order valence-corrected chi connectivity index (χ1v) is 6.50. The van der Waals surface area contributed by atoms with Crippen LogP contribution in [0.3, 0.4) is 0 Å². The fourth-order valence-corrected chi connectivity index (χ4v) is 2.21. The highest BCUT2D eigenvalue weighted by Gasteiger charge is 2.34. The number of nitrogens with one attached hydrogen (secondary N) is 1. The van der Waals surface area contributed by atoms with E-state index >= 15 is 0 Å².